The normalized spacial score (nSPS) is 20.7. The van der Waals surface area contributed by atoms with Crippen LogP contribution in [0.4, 0.5) is 17.1 Å². The van der Waals surface area contributed by atoms with Crippen molar-refractivity contribution in [2.75, 3.05) is 17.1 Å². The van der Waals surface area contributed by atoms with E-state index in [1.165, 1.54) is 6.07 Å². The maximum atomic E-state index is 13.1. The van der Waals surface area contributed by atoms with Crippen LogP contribution < -0.4 is 14.8 Å². The smallest absolute Gasteiger partial charge is 0.269 e. The summed E-state index contributed by atoms with van der Waals surface area (Å²) in [7, 11) is -2.24. The summed E-state index contributed by atoms with van der Waals surface area (Å²) in [5.41, 5.74) is 3.07. The third-order valence-corrected chi connectivity index (χ3v) is 7.81. The number of hydrogen-bond acceptors (Lipinski definition) is 6. The van der Waals surface area contributed by atoms with E-state index in [-0.39, 0.29) is 28.5 Å². The van der Waals surface area contributed by atoms with Crippen LogP contribution in [-0.4, -0.2) is 20.5 Å². The second kappa shape index (κ2) is 8.49. The van der Waals surface area contributed by atoms with Gasteiger partial charge in [-0.1, -0.05) is 24.3 Å². The van der Waals surface area contributed by atoms with Crippen molar-refractivity contribution >= 4 is 27.1 Å². The SMILES string of the molecule is COc1ccc(NS(=O)(=O)c2ccc3c(c2)[C@H]2C=CC[C@H]2[C@@H](c2cccc([N+](=O)[O-])c2)N3)cc1. The molecule has 0 saturated heterocycles. The highest BCUT2D eigenvalue weighted by Crippen LogP contribution is 2.50. The number of nitrogens with zero attached hydrogens (tertiary/aromatic N) is 1. The molecule has 0 unspecified atom stereocenters. The van der Waals surface area contributed by atoms with Crippen LogP contribution in [0, 0.1) is 16.0 Å². The van der Waals surface area contributed by atoms with E-state index >= 15 is 0 Å². The number of ether oxygens (including phenoxy) is 1. The zero-order valence-corrected chi connectivity index (χ0v) is 19.2. The molecule has 0 saturated carbocycles. The summed E-state index contributed by atoms with van der Waals surface area (Å²) in [5.74, 6) is 0.777. The minimum Gasteiger partial charge on any atom is -0.497 e. The molecule has 3 aromatic rings. The number of fused-ring (bicyclic) bond motifs is 3. The summed E-state index contributed by atoms with van der Waals surface area (Å²) in [4.78, 5) is 11.0. The zero-order valence-electron chi connectivity index (χ0n) is 18.3. The van der Waals surface area contributed by atoms with E-state index in [9.17, 15) is 18.5 Å². The Morgan fingerprint density at radius 2 is 1.88 bits per heavy atom. The Hall–Kier alpha value is -3.85. The molecule has 0 spiro atoms. The quantitative estimate of drug-likeness (QED) is 0.286. The third kappa shape index (κ3) is 3.99. The predicted molar refractivity (Wildman–Crippen MR) is 130 cm³/mol. The molecule has 3 aromatic carbocycles. The number of allylic oxidation sites excluding steroid dienone is 2. The summed E-state index contributed by atoms with van der Waals surface area (Å²) in [6.07, 6.45) is 4.99. The van der Waals surface area contributed by atoms with E-state index in [2.05, 4.69) is 22.2 Å². The first-order valence-corrected chi connectivity index (χ1v) is 12.3. The molecule has 174 valence electrons. The number of nitro groups is 1. The highest BCUT2D eigenvalue weighted by molar-refractivity contribution is 7.92. The Kier molecular flexibility index (Phi) is 5.49. The first-order chi connectivity index (χ1) is 16.4. The lowest BCUT2D eigenvalue weighted by atomic mass is 9.77. The van der Waals surface area contributed by atoms with Gasteiger partial charge in [0.25, 0.3) is 15.7 Å². The molecule has 2 aliphatic rings. The first kappa shape index (κ1) is 22.0. The minimum absolute atomic E-state index is 0.0108. The number of methoxy groups -OCH3 is 1. The summed E-state index contributed by atoms with van der Waals surface area (Å²) in [5, 5.41) is 14.8. The maximum absolute atomic E-state index is 13.1. The highest BCUT2D eigenvalue weighted by atomic mass is 32.2. The lowest BCUT2D eigenvalue weighted by Crippen LogP contribution is -2.29. The van der Waals surface area contributed by atoms with Crippen molar-refractivity contribution in [1.82, 2.24) is 0 Å². The van der Waals surface area contributed by atoms with Gasteiger partial charge in [-0.2, -0.15) is 0 Å². The Labute approximate surface area is 197 Å². The van der Waals surface area contributed by atoms with E-state index in [1.54, 1.807) is 61.7 Å². The van der Waals surface area contributed by atoms with E-state index in [1.807, 2.05) is 6.07 Å². The van der Waals surface area contributed by atoms with Gasteiger partial charge < -0.3 is 10.1 Å². The molecular formula is C25H23N3O5S. The van der Waals surface area contributed by atoms with E-state index in [0.717, 1.165) is 23.2 Å². The van der Waals surface area contributed by atoms with Gasteiger partial charge in [-0.05, 0) is 65.9 Å². The lowest BCUT2D eigenvalue weighted by molar-refractivity contribution is -0.384. The molecule has 1 aliphatic heterocycles. The van der Waals surface area contributed by atoms with Crippen molar-refractivity contribution in [3.05, 3.63) is 100 Å². The van der Waals surface area contributed by atoms with Crippen molar-refractivity contribution < 1.29 is 18.1 Å². The number of rotatable bonds is 6. The second-order valence-corrected chi connectivity index (χ2v) is 10.1. The van der Waals surface area contributed by atoms with Crippen LogP contribution in [0.2, 0.25) is 0 Å². The molecule has 0 bridgehead atoms. The highest BCUT2D eigenvalue weighted by Gasteiger charge is 2.38. The van der Waals surface area contributed by atoms with Crippen molar-refractivity contribution in [3.63, 3.8) is 0 Å². The lowest BCUT2D eigenvalue weighted by Gasteiger charge is -2.37. The van der Waals surface area contributed by atoms with Crippen LogP contribution in [0.3, 0.4) is 0 Å². The summed E-state index contributed by atoms with van der Waals surface area (Å²) >= 11 is 0. The van der Waals surface area contributed by atoms with Crippen LogP contribution in [0.15, 0.2) is 83.8 Å². The molecule has 1 heterocycles. The first-order valence-electron chi connectivity index (χ1n) is 10.8. The molecule has 0 aromatic heterocycles. The molecule has 0 radical (unpaired) electrons. The fourth-order valence-corrected chi connectivity index (χ4v) is 5.87. The van der Waals surface area contributed by atoms with E-state index in [0.29, 0.717) is 11.4 Å². The topological polar surface area (TPSA) is 111 Å². The number of nitrogens with one attached hydrogen (secondary N) is 2. The average molecular weight is 478 g/mol. The van der Waals surface area contributed by atoms with Crippen molar-refractivity contribution in [3.8, 4) is 5.75 Å². The van der Waals surface area contributed by atoms with Gasteiger partial charge in [0.2, 0.25) is 0 Å². The monoisotopic (exact) mass is 477 g/mol. The standard InChI is InChI=1S/C25H23N3O5S/c1-33-19-10-8-17(9-11-19)27-34(31,32)20-12-13-24-23(15-20)21-6-3-7-22(21)25(26-24)16-4-2-5-18(14-16)28(29)30/h2-6,8-15,21-22,25-27H,7H2,1H3/t21-,22+,25+/m0/s1. The molecule has 0 amide bonds. The zero-order chi connectivity index (χ0) is 23.9. The number of anilines is 2. The van der Waals surface area contributed by atoms with Gasteiger partial charge in [0.1, 0.15) is 5.75 Å². The van der Waals surface area contributed by atoms with Gasteiger partial charge in [-0.15, -0.1) is 0 Å². The fourth-order valence-electron chi connectivity index (χ4n) is 4.77. The van der Waals surface area contributed by atoms with Gasteiger partial charge >= 0.3 is 0 Å². The van der Waals surface area contributed by atoms with Gasteiger partial charge in [0.05, 0.1) is 23.0 Å². The predicted octanol–water partition coefficient (Wildman–Crippen LogP) is 5.23. The van der Waals surface area contributed by atoms with Crippen LogP contribution >= 0.6 is 0 Å². The average Bonchev–Trinajstić information content (AvgIpc) is 3.34. The maximum Gasteiger partial charge on any atom is 0.269 e. The summed E-state index contributed by atoms with van der Waals surface area (Å²) in [6, 6.07) is 18.3. The summed E-state index contributed by atoms with van der Waals surface area (Å²) in [6.45, 7) is 0. The molecule has 5 rings (SSSR count). The number of nitro benzene ring substituents is 1. The van der Waals surface area contributed by atoms with Gasteiger partial charge in [-0.3, -0.25) is 14.8 Å². The Morgan fingerprint density at radius 3 is 2.62 bits per heavy atom. The van der Waals surface area contributed by atoms with Crippen molar-refractivity contribution in [1.29, 1.82) is 0 Å². The molecule has 8 nitrogen and oxygen atoms in total. The molecule has 34 heavy (non-hydrogen) atoms. The molecule has 3 atom stereocenters. The molecule has 1 aliphatic carbocycles. The molecule has 0 fully saturated rings. The van der Waals surface area contributed by atoms with Gasteiger partial charge in [0.15, 0.2) is 0 Å². The fraction of sp³-hybridized carbons (Fsp3) is 0.200. The van der Waals surface area contributed by atoms with Gasteiger partial charge in [-0.25, -0.2) is 8.42 Å². The van der Waals surface area contributed by atoms with Crippen LogP contribution in [-0.2, 0) is 10.0 Å². The Morgan fingerprint density at radius 1 is 1.09 bits per heavy atom. The van der Waals surface area contributed by atoms with E-state index in [4.69, 9.17) is 4.74 Å². The number of non-ortho nitro benzene ring substituents is 1. The third-order valence-electron chi connectivity index (χ3n) is 6.43. The minimum atomic E-state index is -3.79. The largest absolute Gasteiger partial charge is 0.497 e. The Bertz CT molecular complexity index is 1390. The van der Waals surface area contributed by atoms with E-state index < -0.39 is 14.9 Å². The van der Waals surface area contributed by atoms with Crippen LogP contribution in [0.25, 0.3) is 0 Å². The molecule has 2 N–H and O–H groups in total. The summed E-state index contributed by atoms with van der Waals surface area (Å²) < 4.78 is 33.9. The second-order valence-electron chi connectivity index (χ2n) is 8.41. The number of sulfonamides is 1. The molecular weight excluding hydrogens is 454 g/mol. The Balaban J connectivity index is 1.46. The van der Waals surface area contributed by atoms with Crippen molar-refractivity contribution in [2.24, 2.45) is 5.92 Å². The van der Waals surface area contributed by atoms with Crippen LogP contribution in [0.1, 0.15) is 29.5 Å². The van der Waals surface area contributed by atoms with Crippen LogP contribution in [0.5, 0.6) is 5.75 Å². The number of hydrogen-bond donors (Lipinski definition) is 2. The van der Waals surface area contributed by atoms with Gasteiger partial charge in [0, 0.05) is 29.4 Å². The number of benzene rings is 3. The molecule has 9 heteroatoms. The van der Waals surface area contributed by atoms with Crippen molar-refractivity contribution in [2.45, 2.75) is 23.3 Å².